The Bertz CT molecular complexity index is 1570. The van der Waals surface area contributed by atoms with Gasteiger partial charge in [-0.25, -0.2) is 27.1 Å². The number of carboxylic acids is 1. The van der Waals surface area contributed by atoms with Crippen LogP contribution in [0.4, 0.5) is 10.3 Å². The molecule has 42 heavy (non-hydrogen) atoms. The smallest absolute Gasteiger partial charge is 0.306 e. The van der Waals surface area contributed by atoms with Crippen molar-refractivity contribution in [2.24, 2.45) is 5.41 Å². The van der Waals surface area contributed by atoms with Crippen LogP contribution in [0.2, 0.25) is 0 Å². The molecule has 0 saturated heterocycles. The molecule has 0 unspecified atom stereocenters. The van der Waals surface area contributed by atoms with E-state index in [2.05, 4.69) is 9.97 Å². The molecule has 0 bridgehead atoms. The average Bonchev–Trinajstić information content (AvgIpc) is 2.87. The first kappa shape index (κ1) is 30.6. The van der Waals surface area contributed by atoms with Gasteiger partial charge in [0.2, 0.25) is 16.0 Å². The molecule has 1 aromatic heterocycles. The lowest BCUT2D eigenvalue weighted by Gasteiger charge is -2.44. The molecule has 2 N–H and O–H groups in total. The number of anilines is 1. The number of ether oxygens (including phenoxy) is 1. The number of allylic oxidation sites excluding steroid dienone is 1. The summed E-state index contributed by atoms with van der Waals surface area (Å²) in [6.07, 6.45) is -0.142. The highest BCUT2D eigenvalue weighted by Crippen LogP contribution is 2.43. The van der Waals surface area contributed by atoms with E-state index in [0.29, 0.717) is 16.7 Å². The van der Waals surface area contributed by atoms with Crippen LogP contribution in [0.3, 0.4) is 0 Å². The third kappa shape index (κ3) is 7.01. The van der Waals surface area contributed by atoms with E-state index < -0.39 is 62.5 Å². The number of aliphatic hydroxyl groups is 1. The number of methoxy groups -OCH3 is 1. The van der Waals surface area contributed by atoms with Gasteiger partial charge in [-0.1, -0.05) is 40.7 Å². The Morgan fingerprint density at radius 1 is 1.19 bits per heavy atom. The van der Waals surface area contributed by atoms with E-state index in [-0.39, 0.29) is 27.7 Å². The molecular formula is C31H46FN3O6S. The van der Waals surface area contributed by atoms with E-state index in [1.165, 1.54) is 45.2 Å². The molecule has 0 radical (unpaired) electrons. The molecule has 2 aromatic rings. The SMILES string of the molecule is [2H]C([2H])([2H])N(c1nc(-c2ccc(F)c(C)c2)c(/C(C)=C/[C@@H](O)C(C)(C)[C@](C)(CC(=O)O)OC)c(C(C)(C)C)n1)S(=O)(=O)C(C)C. The highest BCUT2D eigenvalue weighted by atomic mass is 32.2. The number of nitrogens with zero attached hydrogens (tertiary/aromatic N) is 3. The summed E-state index contributed by atoms with van der Waals surface area (Å²) in [6.45, 7) is 13.1. The maximum absolute atomic E-state index is 14.4. The Labute approximate surface area is 254 Å². The number of aliphatic carboxylic acids is 1. The minimum absolute atomic E-state index is 0.125. The van der Waals surface area contributed by atoms with Gasteiger partial charge in [0.15, 0.2) is 0 Å². The number of halogens is 1. The Morgan fingerprint density at radius 2 is 1.79 bits per heavy atom. The van der Waals surface area contributed by atoms with Crippen molar-refractivity contribution in [2.75, 3.05) is 18.4 Å². The molecular weight excluding hydrogens is 561 g/mol. The van der Waals surface area contributed by atoms with Crippen molar-refractivity contribution >= 4 is 27.5 Å². The van der Waals surface area contributed by atoms with Gasteiger partial charge in [0.05, 0.1) is 34.8 Å². The summed E-state index contributed by atoms with van der Waals surface area (Å²) in [5, 5.41) is 20.0. The van der Waals surface area contributed by atoms with Gasteiger partial charge >= 0.3 is 5.97 Å². The molecule has 234 valence electrons. The van der Waals surface area contributed by atoms with Crippen molar-refractivity contribution in [1.29, 1.82) is 0 Å². The van der Waals surface area contributed by atoms with Crippen LogP contribution in [0, 0.1) is 18.2 Å². The van der Waals surface area contributed by atoms with Gasteiger partial charge in [0.1, 0.15) is 5.82 Å². The zero-order valence-corrected chi connectivity index (χ0v) is 27.1. The molecule has 0 fully saturated rings. The fraction of sp³-hybridized carbons (Fsp3) is 0.581. The molecule has 9 nitrogen and oxygen atoms in total. The molecule has 0 aliphatic heterocycles. The summed E-state index contributed by atoms with van der Waals surface area (Å²) in [6, 6.07) is 4.19. The number of aromatic nitrogens is 2. The van der Waals surface area contributed by atoms with Crippen LogP contribution >= 0.6 is 0 Å². The summed E-state index contributed by atoms with van der Waals surface area (Å²) >= 11 is 0. The van der Waals surface area contributed by atoms with Gasteiger partial charge in [-0.05, 0) is 64.0 Å². The van der Waals surface area contributed by atoms with Crippen molar-refractivity contribution in [1.82, 2.24) is 9.97 Å². The third-order valence-corrected chi connectivity index (χ3v) is 9.78. The number of rotatable bonds is 11. The summed E-state index contributed by atoms with van der Waals surface area (Å²) < 4.78 is 71.4. The number of carboxylic acid groups (broad SMARTS) is 1. The zero-order chi connectivity index (χ0) is 35.1. The average molecular weight is 611 g/mol. The fourth-order valence-electron chi connectivity index (χ4n) is 4.47. The van der Waals surface area contributed by atoms with Crippen molar-refractivity contribution < 1.29 is 36.7 Å². The zero-order valence-electron chi connectivity index (χ0n) is 29.3. The van der Waals surface area contributed by atoms with Crippen LogP contribution in [0.1, 0.15) is 89.7 Å². The van der Waals surface area contributed by atoms with Gasteiger partial charge in [-0.15, -0.1) is 0 Å². The van der Waals surface area contributed by atoms with Crippen LogP contribution in [0.5, 0.6) is 0 Å². The Balaban J connectivity index is 3.11. The molecule has 0 saturated carbocycles. The lowest BCUT2D eigenvalue weighted by atomic mass is 9.69. The number of aryl methyl sites for hydroxylation is 1. The molecule has 11 heteroatoms. The molecule has 2 rings (SSSR count). The monoisotopic (exact) mass is 610 g/mol. The predicted molar refractivity (Wildman–Crippen MR) is 164 cm³/mol. The Morgan fingerprint density at radius 3 is 2.24 bits per heavy atom. The molecule has 0 aliphatic carbocycles. The maximum atomic E-state index is 14.4. The Hall–Kier alpha value is -2.89. The highest BCUT2D eigenvalue weighted by molar-refractivity contribution is 7.93. The minimum atomic E-state index is -4.46. The van der Waals surface area contributed by atoms with Gasteiger partial charge in [0, 0.05) is 40.2 Å². The van der Waals surface area contributed by atoms with E-state index in [1.54, 1.807) is 55.4 Å². The first-order chi connectivity index (χ1) is 20.2. The first-order valence-electron chi connectivity index (χ1n) is 15.1. The number of benzene rings is 1. The lowest BCUT2D eigenvalue weighted by molar-refractivity contribution is -0.160. The van der Waals surface area contributed by atoms with Crippen LogP contribution in [0.25, 0.3) is 16.8 Å². The molecule has 0 spiro atoms. The van der Waals surface area contributed by atoms with Crippen molar-refractivity contribution in [3.8, 4) is 11.3 Å². The van der Waals surface area contributed by atoms with Crippen LogP contribution in [-0.2, 0) is 25.0 Å². The number of hydrogen-bond donors (Lipinski definition) is 2. The van der Waals surface area contributed by atoms with Crippen molar-refractivity contribution in [3.63, 3.8) is 0 Å². The molecule has 1 aromatic carbocycles. The van der Waals surface area contributed by atoms with Gasteiger partial charge < -0.3 is 14.9 Å². The molecule has 0 amide bonds. The van der Waals surface area contributed by atoms with Crippen molar-refractivity contribution in [3.05, 3.63) is 46.9 Å². The minimum Gasteiger partial charge on any atom is -0.481 e. The third-order valence-electron chi connectivity index (χ3n) is 7.91. The predicted octanol–water partition coefficient (Wildman–Crippen LogP) is 5.73. The lowest BCUT2D eigenvalue weighted by Crippen LogP contribution is -2.51. The standard InChI is InChI=1S/C31H46FN3O6S/c1-18(2)42(39,40)35(11)28-33-26(21-13-14-22(32)19(3)15-21)25(27(34-28)29(5,6)7)20(4)16-23(36)30(8,9)31(10,41-12)17-24(37)38/h13-16,18,23,36H,17H2,1-12H3,(H,37,38)/b20-16+/t23-,31+/m1/s1/i11D3. The normalized spacial score (nSPS) is 16.8. The first-order valence-corrected chi connectivity index (χ1v) is 15.1. The van der Waals surface area contributed by atoms with Crippen LogP contribution < -0.4 is 4.31 Å². The second kappa shape index (κ2) is 12.4. The second-order valence-corrected chi connectivity index (χ2v) is 15.0. The Kier molecular flexibility index (Phi) is 9.01. The van der Waals surface area contributed by atoms with E-state index >= 15 is 0 Å². The quantitative estimate of drug-likeness (QED) is 0.330. The van der Waals surface area contributed by atoms with E-state index in [0.717, 1.165) is 0 Å². The maximum Gasteiger partial charge on any atom is 0.306 e. The summed E-state index contributed by atoms with van der Waals surface area (Å²) in [5.74, 6) is -2.17. The van der Waals surface area contributed by atoms with E-state index in [1.807, 2.05) is 0 Å². The second-order valence-electron chi connectivity index (χ2n) is 12.7. The topological polar surface area (TPSA) is 130 Å². The highest BCUT2D eigenvalue weighted by Gasteiger charge is 2.47. The summed E-state index contributed by atoms with van der Waals surface area (Å²) in [7, 11) is -3.09. The molecule has 1 heterocycles. The summed E-state index contributed by atoms with van der Waals surface area (Å²) in [5.41, 5.74) is -1.41. The number of carbonyl (C=O) groups is 1. The molecule has 2 atom stereocenters. The van der Waals surface area contributed by atoms with Gasteiger partial charge in [-0.2, -0.15) is 0 Å². The van der Waals surface area contributed by atoms with Crippen molar-refractivity contribution in [2.45, 2.75) is 98.0 Å². The van der Waals surface area contributed by atoms with E-state index in [9.17, 15) is 27.8 Å². The van der Waals surface area contributed by atoms with Gasteiger partial charge in [0.25, 0.3) is 0 Å². The largest absolute Gasteiger partial charge is 0.481 e. The van der Waals surface area contributed by atoms with Crippen LogP contribution in [0.15, 0.2) is 24.3 Å². The van der Waals surface area contributed by atoms with Crippen LogP contribution in [-0.4, -0.2) is 65.6 Å². The van der Waals surface area contributed by atoms with E-state index in [4.69, 9.17) is 8.85 Å². The molecule has 0 aliphatic rings. The fourth-order valence-corrected chi connectivity index (χ4v) is 5.21. The van der Waals surface area contributed by atoms with Gasteiger partial charge in [-0.3, -0.25) is 4.79 Å². The number of hydrogen-bond acceptors (Lipinski definition) is 7. The number of aliphatic hydroxyl groups excluding tert-OH is 1. The number of sulfonamides is 1. The summed E-state index contributed by atoms with van der Waals surface area (Å²) in [4.78, 5) is 20.7.